The molecular formula is C8H15I. The molecule has 0 aromatic heterocycles. The lowest BCUT2D eigenvalue weighted by Crippen LogP contribution is -1.70. The third-order valence-electron chi connectivity index (χ3n) is 1.23. The molecule has 0 N–H and O–H groups in total. The van der Waals surface area contributed by atoms with Gasteiger partial charge in [-0.15, -0.1) is 0 Å². The number of allylic oxidation sites excluding steroid dienone is 2. The summed E-state index contributed by atoms with van der Waals surface area (Å²) < 4.78 is 1.42. The van der Waals surface area contributed by atoms with Crippen molar-refractivity contribution in [2.45, 2.75) is 39.5 Å². The van der Waals surface area contributed by atoms with E-state index in [1.807, 2.05) is 0 Å². The first kappa shape index (κ1) is 9.47. The number of hydrogen-bond donors (Lipinski definition) is 0. The van der Waals surface area contributed by atoms with E-state index < -0.39 is 0 Å². The van der Waals surface area contributed by atoms with Crippen LogP contribution in [0.3, 0.4) is 0 Å². The minimum absolute atomic E-state index is 1.27. The van der Waals surface area contributed by atoms with Gasteiger partial charge in [-0.25, -0.2) is 0 Å². The molecule has 0 fully saturated rings. The normalized spacial score (nSPS) is 12.1. The standard InChI is InChI=1S/C8H15I/c1-3-4-5-6-7-8(2)9/h7H,3-6H2,1-2H3. The van der Waals surface area contributed by atoms with E-state index in [0.29, 0.717) is 0 Å². The molecule has 0 spiro atoms. The Bertz CT molecular complexity index is 80.6. The molecule has 0 aliphatic rings. The van der Waals surface area contributed by atoms with Crippen molar-refractivity contribution in [2.75, 3.05) is 0 Å². The fourth-order valence-electron chi connectivity index (χ4n) is 0.695. The van der Waals surface area contributed by atoms with E-state index in [0.717, 1.165) is 0 Å². The van der Waals surface area contributed by atoms with Crippen molar-refractivity contribution in [1.82, 2.24) is 0 Å². The highest BCUT2D eigenvalue weighted by Crippen LogP contribution is 2.07. The minimum Gasteiger partial charge on any atom is -0.0755 e. The van der Waals surface area contributed by atoms with Gasteiger partial charge in [0, 0.05) is 0 Å². The average Bonchev–Trinajstić information content (AvgIpc) is 1.80. The van der Waals surface area contributed by atoms with Crippen LogP contribution in [0.4, 0.5) is 0 Å². The molecule has 54 valence electrons. The zero-order chi connectivity index (χ0) is 7.11. The molecule has 0 saturated heterocycles. The smallest absolute Gasteiger partial charge is 0.0165 e. The lowest BCUT2D eigenvalue weighted by atomic mass is 10.2. The lowest BCUT2D eigenvalue weighted by Gasteiger charge is -1.91. The highest BCUT2D eigenvalue weighted by molar-refractivity contribution is 14.1. The van der Waals surface area contributed by atoms with Crippen LogP contribution in [0, 0.1) is 0 Å². The maximum atomic E-state index is 2.36. The summed E-state index contributed by atoms with van der Waals surface area (Å²) in [5.74, 6) is 0. The third kappa shape index (κ3) is 8.47. The van der Waals surface area contributed by atoms with Crippen molar-refractivity contribution in [3.63, 3.8) is 0 Å². The van der Waals surface area contributed by atoms with Gasteiger partial charge in [-0.2, -0.15) is 0 Å². The van der Waals surface area contributed by atoms with Crippen molar-refractivity contribution >= 4 is 22.6 Å². The van der Waals surface area contributed by atoms with Crippen LogP contribution < -0.4 is 0 Å². The highest BCUT2D eigenvalue weighted by atomic mass is 127. The molecule has 0 heterocycles. The zero-order valence-corrected chi connectivity index (χ0v) is 8.44. The summed E-state index contributed by atoms with van der Waals surface area (Å²) in [4.78, 5) is 0. The monoisotopic (exact) mass is 238 g/mol. The van der Waals surface area contributed by atoms with Crippen LogP contribution in [0.25, 0.3) is 0 Å². The van der Waals surface area contributed by atoms with E-state index in [9.17, 15) is 0 Å². The maximum absolute atomic E-state index is 2.36. The topological polar surface area (TPSA) is 0 Å². The fourth-order valence-corrected chi connectivity index (χ4v) is 1.01. The first-order chi connectivity index (χ1) is 4.27. The molecule has 0 atom stereocenters. The summed E-state index contributed by atoms with van der Waals surface area (Å²) in [5.41, 5.74) is 0. The van der Waals surface area contributed by atoms with Crippen LogP contribution >= 0.6 is 22.6 Å². The zero-order valence-electron chi connectivity index (χ0n) is 6.28. The molecule has 0 aromatic rings. The van der Waals surface area contributed by atoms with Gasteiger partial charge in [0.1, 0.15) is 0 Å². The summed E-state index contributed by atoms with van der Waals surface area (Å²) in [5, 5.41) is 0. The van der Waals surface area contributed by atoms with E-state index in [2.05, 4.69) is 42.5 Å². The predicted molar refractivity (Wildman–Crippen MR) is 51.9 cm³/mol. The Morgan fingerprint density at radius 2 is 2.11 bits per heavy atom. The molecule has 0 aromatic carbocycles. The molecule has 1 heteroatoms. The van der Waals surface area contributed by atoms with Crippen LogP contribution in [0.1, 0.15) is 39.5 Å². The second kappa shape index (κ2) is 6.59. The van der Waals surface area contributed by atoms with Crippen molar-refractivity contribution in [2.24, 2.45) is 0 Å². The predicted octanol–water partition coefficient (Wildman–Crippen LogP) is 3.91. The van der Waals surface area contributed by atoms with Crippen LogP contribution in [-0.2, 0) is 0 Å². The van der Waals surface area contributed by atoms with Crippen LogP contribution in [-0.4, -0.2) is 0 Å². The van der Waals surface area contributed by atoms with Gasteiger partial charge in [-0.1, -0.05) is 25.8 Å². The summed E-state index contributed by atoms with van der Waals surface area (Å²) in [6, 6.07) is 0. The molecule has 0 aliphatic carbocycles. The van der Waals surface area contributed by atoms with Crippen molar-refractivity contribution < 1.29 is 0 Å². The lowest BCUT2D eigenvalue weighted by molar-refractivity contribution is 0.729. The molecule has 0 rings (SSSR count). The van der Waals surface area contributed by atoms with Crippen LogP contribution in [0.5, 0.6) is 0 Å². The molecule has 0 aliphatic heterocycles. The molecule has 0 saturated carbocycles. The maximum Gasteiger partial charge on any atom is -0.0165 e. The van der Waals surface area contributed by atoms with Crippen molar-refractivity contribution in [1.29, 1.82) is 0 Å². The van der Waals surface area contributed by atoms with E-state index in [4.69, 9.17) is 0 Å². The summed E-state index contributed by atoms with van der Waals surface area (Å²) in [6.07, 6.45) is 7.63. The summed E-state index contributed by atoms with van der Waals surface area (Å²) in [6.45, 7) is 4.38. The van der Waals surface area contributed by atoms with Gasteiger partial charge in [0.15, 0.2) is 0 Å². The molecule has 0 unspecified atom stereocenters. The van der Waals surface area contributed by atoms with Crippen molar-refractivity contribution in [3.8, 4) is 0 Å². The Hall–Kier alpha value is 0.470. The van der Waals surface area contributed by atoms with Crippen molar-refractivity contribution in [3.05, 3.63) is 9.66 Å². The Morgan fingerprint density at radius 1 is 1.44 bits per heavy atom. The molecular weight excluding hydrogens is 223 g/mol. The Balaban J connectivity index is 3.00. The van der Waals surface area contributed by atoms with Gasteiger partial charge >= 0.3 is 0 Å². The number of rotatable bonds is 4. The highest BCUT2D eigenvalue weighted by Gasteiger charge is 1.82. The van der Waals surface area contributed by atoms with Gasteiger partial charge in [0.05, 0.1) is 0 Å². The van der Waals surface area contributed by atoms with Gasteiger partial charge in [-0.3, -0.25) is 0 Å². The minimum atomic E-state index is 1.27. The average molecular weight is 238 g/mol. The van der Waals surface area contributed by atoms with E-state index in [1.165, 1.54) is 29.3 Å². The number of halogens is 1. The van der Waals surface area contributed by atoms with E-state index in [-0.39, 0.29) is 0 Å². The first-order valence-electron chi connectivity index (χ1n) is 3.59. The summed E-state index contributed by atoms with van der Waals surface area (Å²) >= 11 is 2.36. The molecule has 9 heavy (non-hydrogen) atoms. The Kier molecular flexibility index (Phi) is 6.93. The van der Waals surface area contributed by atoms with Crippen LogP contribution in [0.15, 0.2) is 9.66 Å². The second-order valence-corrected chi connectivity index (χ2v) is 3.99. The fraction of sp³-hybridized carbons (Fsp3) is 0.750. The van der Waals surface area contributed by atoms with Gasteiger partial charge in [-0.05, 0) is 45.9 Å². The SMILES string of the molecule is CCCCCC=C(C)I. The third-order valence-corrected chi connectivity index (χ3v) is 1.67. The van der Waals surface area contributed by atoms with E-state index >= 15 is 0 Å². The van der Waals surface area contributed by atoms with E-state index in [1.54, 1.807) is 0 Å². The Labute approximate surface area is 71.9 Å². The van der Waals surface area contributed by atoms with Gasteiger partial charge in [0.2, 0.25) is 0 Å². The van der Waals surface area contributed by atoms with Crippen LogP contribution in [0.2, 0.25) is 0 Å². The quantitative estimate of drug-likeness (QED) is 0.514. The second-order valence-electron chi connectivity index (χ2n) is 2.29. The number of unbranched alkanes of at least 4 members (excludes halogenated alkanes) is 3. The largest absolute Gasteiger partial charge is 0.0755 e. The molecule has 0 amide bonds. The molecule has 0 bridgehead atoms. The molecule has 0 nitrogen and oxygen atoms in total. The molecule has 0 radical (unpaired) electrons. The summed E-state index contributed by atoms with van der Waals surface area (Å²) in [7, 11) is 0. The van der Waals surface area contributed by atoms with Gasteiger partial charge < -0.3 is 0 Å². The number of hydrogen-bond acceptors (Lipinski definition) is 0. The first-order valence-corrected chi connectivity index (χ1v) is 4.67. The Morgan fingerprint density at radius 3 is 2.56 bits per heavy atom. The van der Waals surface area contributed by atoms with Gasteiger partial charge in [0.25, 0.3) is 0 Å².